The minimum absolute atomic E-state index is 0.0624. The molecule has 0 radical (unpaired) electrons. The van der Waals surface area contributed by atoms with Crippen LogP contribution in [0.15, 0.2) is 12.4 Å². The Bertz CT molecular complexity index is 284. The second-order valence-electron chi connectivity index (χ2n) is 3.54. The average molecular weight is 210 g/mol. The van der Waals surface area contributed by atoms with Crippen molar-refractivity contribution < 1.29 is 4.79 Å². The highest BCUT2D eigenvalue weighted by molar-refractivity contribution is 5.93. The Labute approximate surface area is 89.4 Å². The third-order valence-electron chi connectivity index (χ3n) is 2.29. The molecule has 0 saturated carbocycles. The van der Waals surface area contributed by atoms with Crippen LogP contribution in [-0.4, -0.2) is 28.7 Å². The number of H-pyrrole nitrogens is 1. The third-order valence-corrected chi connectivity index (χ3v) is 2.29. The largest absolute Gasteiger partial charge is 0.348 e. The molecule has 5 nitrogen and oxygen atoms in total. The number of nitrogens with one attached hydrogen (secondary N) is 2. The summed E-state index contributed by atoms with van der Waals surface area (Å²) >= 11 is 0. The fourth-order valence-electron chi connectivity index (χ4n) is 1.34. The predicted octanol–water partition coefficient (Wildman–Crippen LogP) is 0.657. The number of hydrogen-bond acceptors (Lipinski definition) is 3. The lowest BCUT2D eigenvalue weighted by Gasteiger charge is -2.15. The van der Waals surface area contributed by atoms with E-state index in [0.29, 0.717) is 12.1 Å². The van der Waals surface area contributed by atoms with E-state index in [0.717, 1.165) is 19.3 Å². The second kappa shape index (κ2) is 6.19. The SMILES string of the molecule is CCCCC(CN)NC(=O)c1cn[nH]c1. The smallest absolute Gasteiger partial charge is 0.254 e. The lowest BCUT2D eigenvalue weighted by Crippen LogP contribution is -2.40. The highest BCUT2D eigenvalue weighted by atomic mass is 16.1. The maximum absolute atomic E-state index is 11.6. The first kappa shape index (κ1) is 11.7. The van der Waals surface area contributed by atoms with Gasteiger partial charge in [0.25, 0.3) is 5.91 Å². The molecule has 1 aromatic heterocycles. The maximum atomic E-state index is 11.6. The standard InChI is InChI=1S/C10H18N4O/c1-2-3-4-9(5-11)14-10(15)8-6-12-13-7-8/h6-7,9H,2-5,11H2,1H3,(H,12,13)(H,14,15). The topological polar surface area (TPSA) is 83.8 Å². The highest BCUT2D eigenvalue weighted by Gasteiger charge is 2.12. The van der Waals surface area contributed by atoms with Crippen LogP contribution in [0.2, 0.25) is 0 Å². The van der Waals surface area contributed by atoms with Gasteiger partial charge < -0.3 is 11.1 Å². The molecule has 4 N–H and O–H groups in total. The van der Waals surface area contributed by atoms with Crippen LogP contribution in [0, 0.1) is 0 Å². The summed E-state index contributed by atoms with van der Waals surface area (Å²) in [6.07, 6.45) is 6.19. The number of carbonyl (C=O) groups excluding carboxylic acids is 1. The van der Waals surface area contributed by atoms with Gasteiger partial charge in [0, 0.05) is 18.8 Å². The van der Waals surface area contributed by atoms with E-state index < -0.39 is 0 Å². The number of aromatic nitrogens is 2. The number of aromatic amines is 1. The summed E-state index contributed by atoms with van der Waals surface area (Å²) in [5, 5.41) is 9.20. The van der Waals surface area contributed by atoms with Gasteiger partial charge in [-0.15, -0.1) is 0 Å². The van der Waals surface area contributed by atoms with Gasteiger partial charge in [-0.1, -0.05) is 19.8 Å². The molecule has 1 amide bonds. The molecule has 0 aliphatic carbocycles. The summed E-state index contributed by atoms with van der Waals surface area (Å²) in [6, 6.07) is 0.0624. The molecule has 0 bridgehead atoms. The Hall–Kier alpha value is -1.36. The fraction of sp³-hybridized carbons (Fsp3) is 0.600. The molecular formula is C10H18N4O. The van der Waals surface area contributed by atoms with Crippen molar-refractivity contribution in [3.8, 4) is 0 Å². The number of rotatable bonds is 6. The van der Waals surface area contributed by atoms with Gasteiger partial charge in [-0.25, -0.2) is 0 Å². The molecule has 1 atom stereocenters. The number of unbranched alkanes of at least 4 members (excludes halogenated alkanes) is 1. The first-order valence-corrected chi connectivity index (χ1v) is 5.27. The van der Waals surface area contributed by atoms with Crippen LogP contribution < -0.4 is 11.1 Å². The fourth-order valence-corrected chi connectivity index (χ4v) is 1.34. The molecule has 1 heterocycles. The van der Waals surface area contributed by atoms with Gasteiger partial charge >= 0.3 is 0 Å². The summed E-state index contributed by atoms with van der Waals surface area (Å²) in [4.78, 5) is 11.6. The van der Waals surface area contributed by atoms with Gasteiger partial charge in [-0.05, 0) is 6.42 Å². The molecule has 0 spiro atoms. The molecule has 1 unspecified atom stereocenters. The van der Waals surface area contributed by atoms with E-state index in [9.17, 15) is 4.79 Å². The lowest BCUT2D eigenvalue weighted by molar-refractivity contribution is 0.0936. The molecule has 0 aromatic carbocycles. The molecule has 0 saturated heterocycles. The number of amides is 1. The maximum Gasteiger partial charge on any atom is 0.254 e. The van der Waals surface area contributed by atoms with Crippen LogP contribution in [-0.2, 0) is 0 Å². The number of hydrogen-bond donors (Lipinski definition) is 3. The van der Waals surface area contributed by atoms with Crippen molar-refractivity contribution in [2.24, 2.45) is 5.73 Å². The zero-order valence-corrected chi connectivity index (χ0v) is 8.99. The number of nitrogens with zero attached hydrogens (tertiary/aromatic N) is 1. The molecule has 1 aromatic rings. The van der Waals surface area contributed by atoms with Gasteiger partial charge in [0.2, 0.25) is 0 Å². The summed E-state index contributed by atoms with van der Waals surface area (Å²) in [7, 11) is 0. The van der Waals surface area contributed by atoms with Gasteiger partial charge in [0.1, 0.15) is 0 Å². The molecule has 0 aliphatic heterocycles. The molecule has 1 rings (SSSR count). The highest BCUT2D eigenvalue weighted by Crippen LogP contribution is 2.01. The number of carbonyl (C=O) groups is 1. The minimum atomic E-state index is -0.115. The normalized spacial score (nSPS) is 12.4. The van der Waals surface area contributed by atoms with Crippen LogP contribution >= 0.6 is 0 Å². The minimum Gasteiger partial charge on any atom is -0.348 e. The lowest BCUT2D eigenvalue weighted by atomic mass is 10.1. The molecule has 84 valence electrons. The summed E-state index contributed by atoms with van der Waals surface area (Å²) < 4.78 is 0. The van der Waals surface area contributed by atoms with Crippen molar-refractivity contribution in [1.82, 2.24) is 15.5 Å². The van der Waals surface area contributed by atoms with Crippen molar-refractivity contribution in [3.05, 3.63) is 18.0 Å². The molecule has 0 fully saturated rings. The van der Waals surface area contributed by atoms with Crippen molar-refractivity contribution >= 4 is 5.91 Å². The summed E-state index contributed by atoms with van der Waals surface area (Å²) in [5.41, 5.74) is 6.12. The Balaban J connectivity index is 2.41. The summed E-state index contributed by atoms with van der Waals surface area (Å²) in [6.45, 7) is 2.59. The van der Waals surface area contributed by atoms with Crippen molar-refractivity contribution in [2.45, 2.75) is 32.2 Å². The van der Waals surface area contributed by atoms with Gasteiger partial charge in [0.05, 0.1) is 11.8 Å². The van der Waals surface area contributed by atoms with E-state index in [1.165, 1.54) is 6.20 Å². The molecule has 15 heavy (non-hydrogen) atoms. The van der Waals surface area contributed by atoms with Crippen LogP contribution in [0.1, 0.15) is 36.5 Å². The van der Waals surface area contributed by atoms with Gasteiger partial charge in [-0.2, -0.15) is 5.10 Å². The molecular weight excluding hydrogens is 192 g/mol. The first-order chi connectivity index (χ1) is 7.27. The zero-order chi connectivity index (χ0) is 11.1. The third kappa shape index (κ3) is 3.71. The first-order valence-electron chi connectivity index (χ1n) is 5.27. The molecule has 0 aliphatic rings. The second-order valence-corrected chi connectivity index (χ2v) is 3.54. The van der Waals surface area contributed by atoms with Gasteiger partial charge in [-0.3, -0.25) is 9.89 Å². The quantitative estimate of drug-likeness (QED) is 0.644. The Kier molecular flexibility index (Phi) is 4.83. The Morgan fingerprint density at radius 3 is 3.07 bits per heavy atom. The predicted molar refractivity (Wildman–Crippen MR) is 58.4 cm³/mol. The van der Waals surface area contributed by atoms with Crippen molar-refractivity contribution in [1.29, 1.82) is 0 Å². The van der Waals surface area contributed by atoms with Crippen LogP contribution in [0.25, 0.3) is 0 Å². The monoisotopic (exact) mass is 210 g/mol. The Morgan fingerprint density at radius 1 is 1.73 bits per heavy atom. The van der Waals surface area contributed by atoms with Crippen LogP contribution in [0.4, 0.5) is 0 Å². The van der Waals surface area contributed by atoms with Crippen molar-refractivity contribution in [3.63, 3.8) is 0 Å². The van der Waals surface area contributed by atoms with Gasteiger partial charge in [0.15, 0.2) is 0 Å². The van der Waals surface area contributed by atoms with E-state index in [1.807, 2.05) is 0 Å². The van der Waals surface area contributed by atoms with E-state index in [-0.39, 0.29) is 11.9 Å². The van der Waals surface area contributed by atoms with E-state index >= 15 is 0 Å². The zero-order valence-electron chi connectivity index (χ0n) is 8.99. The van der Waals surface area contributed by atoms with E-state index in [2.05, 4.69) is 22.4 Å². The Morgan fingerprint density at radius 2 is 2.53 bits per heavy atom. The summed E-state index contributed by atoms with van der Waals surface area (Å²) in [5.74, 6) is -0.115. The van der Waals surface area contributed by atoms with Crippen molar-refractivity contribution in [2.75, 3.05) is 6.54 Å². The van der Waals surface area contributed by atoms with E-state index in [1.54, 1.807) is 6.20 Å². The van der Waals surface area contributed by atoms with Crippen LogP contribution in [0.5, 0.6) is 0 Å². The molecule has 5 heteroatoms. The average Bonchev–Trinajstić information content (AvgIpc) is 2.77. The van der Waals surface area contributed by atoms with E-state index in [4.69, 9.17) is 5.73 Å². The number of nitrogens with two attached hydrogens (primary N) is 1. The van der Waals surface area contributed by atoms with Crippen LogP contribution in [0.3, 0.4) is 0 Å².